The highest BCUT2D eigenvalue weighted by Crippen LogP contribution is 2.19. The van der Waals surface area contributed by atoms with Gasteiger partial charge in [-0.3, -0.25) is 9.78 Å². The number of carbonyl (C=O) groups excluding carboxylic acids is 1. The fourth-order valence-corrected chi connectivity index (χ4v) is 2.07. The molecule has 0 radical (unpaired) electrons. The predicted octanol–water partition coefficient (Wildman–Crippen LogP) is 1.85. The molecule has 0 spiro atoms. The van der Waals surface area contributed by atoms with Crippen molar-refractivity contribution in [2.24, 2.45) is 5.92 Å². The average Bonchev–Trinajstić information content (AvgIpc) is 2.93. The average molecular weight is 246 g/mol. The second kappa shape index (κ2) is 6.31. The van der Waals surface area contributed by atoms with Gasteiger partial charge in [0.1, 0.15) is 0 Å². The number of allylic oxidation sites excluding steroid dienone is 2. The Hall–Kier alpha value is -1.68. The molecular formula is C14H18N2O2. The molecular weight excluding hydrogens is 228 g/mol. The molecule has 0 bridgehead atoms. The van der Waals surface area contributed by atoms with Crippen LogP contribution in [0.1, 0.15) is 24.6 Å². The number of hydrogen-bond donors (Lipinski definition) is 1. The summed E-state index contributed by atoms with van der Waals surface area (Å²) >= 11 is 0. The largest absolute Gasteiger partial charge is 0.382 e. The minimum atomic E-state index is -0.177. The Labute approximate surface area is 107 Å². The number of ether oxygens (including phenoxy) is 1. The normalized spacial score (nSPS) is 16.7. The first-order chi connectivity index (χ1) is 8.81. The van der Waals surface area contributed by atoms with E-state index in [-0.39, 0.29) is 17.9 Å². The molecule has 0 aliphatic heterocycles. The van der Waals surface area contributed by atoms with Gasteiger partial charge < -0.3 is 10.1 Å². The number of aromatic nitrogens is 1. The standard InChI is InChI=1S/C14H18N2O2/c1-18-10-13(12-8-4-5-9-15-12)16-14(17)11-6-2-3-7-11/h2-5,8-9,11,13H,6-7,10H2,1H3,(H,16,17)/t13-/m1/s1. The summed E-state index contributed by atoms with van der Waals surface area (Å²) in [4.78, 5) is 16.3. The summed E-state index contributed by atoms with van der Waals surface area (Å²) in [5, 5.41) is 3.01. The minimum absolute atomic E-state index is 0.0630. The SMILES string of the molecule is COC[C@@H](NC(=O)C1CC=CC1)c1ccccn1. The second-order valence-corrected chi connectivity index (χ2v) is 4.41. The number of rotatable bonds is 5. The first-order valence-electron chi connectivity index (χ1n) is 6.16. The van der Waals surface area contributed by atoms with Gasteiger partial charge in [0.25, 0.3) is 0 Å². The van der Waals surface area contributed by atoms with Gasteiger partial charge in [-0.1, -0.05) is 18.2 Å². The van der Waals surface area contributed by atoms with Gasteiger partial charge in [0.2, 0.25) is 5.91 Å². The maximum absolute atomic E-state index is 12.1. The maximum atomic E-state index is 12.1. The molecule has 1 N–H and O–H groups in total. The fourth-order valence-electron chi connectivity index (χ4n) is 2.07. The highest BCUT2D eigenvalue weighted by atomic mass is 16.5. The van der Waals surface area contributed by atoms with E-state index in [0.717, 1.165) is 18.5 Å². The molecule has 1 aliphatic carbocycles. The lowest BCUT2D eigenvalue weighted by Crippen LogP contribution is -2.35. The Kier molecular flexibility index (Phi) is 4.47. The number of nitrogens with zero attached hydrogens (tertiary/aromatic N) is 1. The summed E-state index contributed by atoms with van der Waals surface area (Å²) in [7, 11) is 1.62. The summed E-state index contributed by atoms with van der Waals surface area (Å²) in [6.07, 6.45) is 7.48. The highest BCUT2D eigenvalue weighted by molar-refractivity contribution is 5.79. The first-order valence-corrected chi connectivity index (χ1v) is 6.16. The van der Waals surface area contributed by atoms with Gasteiger partial charge in [-0.25, -0.2) is 0 Å². The third-order valence-corrected chi connectivity index (χ3v) is 3.07. The monoisotopic (exact) mass is 246 g/mol. The zero-order chi connectivity index (χ0) is 12.8. The van der Waals surface area contributed by atoms with Gasteiger partial charge in [0, 0.05) is 19.2 Å². The molecule has 96 valence electrons. The van der Waals surface area contributed by atoms with Gasteiger partial charge in [0.15, 0.2) is 0 Å². The molecule has 1 aromatic rings. The topological polar surface area (TPSA) is 51.2 Å². The van der Waals surface area contributed by atoms with Crippen LogP contribution < -0.4 is 5.32 Å². The van der Waals surface area contributed by atoms with Gasteiger partial charge in [0.05, 0.1) is 18.3 Å². The summed E-state index contributed by atoms with van der Waals surface area (Å²) in [5.41, 5.74) is 0.832. The van der Waals surface area contributed by atoms with Gasteiger partial charge in [-0.05, 0) is 25.0 Å². The zero-order valence-electron chi connectivity index (χ0n) is 10.5. The molecule has 0 saturated carbocycles. The molecule has 4 nitrogen and oxygen atoms in total. The fraction of sp³-hybridized carbons (Fsp3) is 0.429. The van der Waals surface area contributed by atoms with Crippen LogP contribution in [-0.4, -0.2) is 24.6 Å². The molecule has 2 rings (SSSR count). The summed E-state index contributed by atoms with van der Waals surface area (Å²) < 4.78 is 5.15. The second-order valence-electron chi connectivity index (χ2n) is 4.41. The van der Waals surface area contributed by atoms with Gasteiger partial charge >= 0.3 is 0 Å². The number of methoxy groups -OCH3 is 1. The van der Waals surface area contributed by atoms with Crippen molar-refractivity contribution in [2.45, 2.75) is 18.9 Å². The molecule has 18 heavy (non-hydrogen) atoms. The highest BCUT2D eigenvalue weighted by Gasteiger charge is 2.23. The summed E-state index contributed by atoms with van der Waals surface area (Å²) in [5.74, 6) is 0.140. The van der Waals surface area contributed by atoms with E-state index in [9.17, 15) is 4.79 Å². The van der Waals surface area contributed by atoms with Crippen LogP contribution in [0.15, 0.2) is 36.5 Å². The number of pyridine rings is 1. The number of nitrogens with one attached hydrogen (secondary N) is 1. The van der Waals surface area contributed by atoms with Gasteiger partial charge in [-0.15, -0.1) is 0 Å². The Morgan fingerprint density at radius 2 is 2.28 bits per heavy atom. The molecule has 1 heterocycles. The van der Waals surface area contributed by atoms with Crippen LogP contribution in [-0.2, 0) is 9.53 Å². The Morgan fingerprint density at radius 1 is 1.50 bits per heavy atom. The molecule has 1 aromatic heterocycles. The van der Waals surface area contributed by atoms with E-state index >= 15 is 0 Å². The molecule has 0 aromatic carbocycles. The Morgan fingerprint density at radius 3 is 2.89 bits per heavy atom. The first kappa shape index (κ1) is 12.8. The van der Waals surface area contributed by atoms with E-state index in [2.05, 4.69) is 22.5 Å². The molecule has 0 saturated heterocycles. The van der Waals surface area contributed by atoms with E-state index in [0.29, 0.717) is 6.61 Å². The van der Waals surface area contributed by atoms with Crippen LogP contribution in [0.3, 0.4) is 0 Å². The van der Waals surface area contributed by atoms with Crippen molar-refractivity contribution in [3.8, 4) is 0 Å². The predicted molar refractivity (Wildman–Crippen MR) is 68.9 cm³/mol. The zero-order valence-corrected chi connectivity index (χ0v) is 10.5. The molecule has 0 fully saturated rings. The van der Waals surface area contributed by atoms with E-state index in [1.54, 1.807) is 13.3 Å². The third kappa shape index (κ3) is 3.17. The lowest BCUT2D eigenvalue weighted by atomic mass is 10.1. The van der Waals surface area contributed by atoms with E-state index in [1.807, 2.05) is 18.2 Å². The van der Waals surface area contributed by atoms with Crippen LogP contribution in [0.4, 0.5) is 0 Å². The molecule has 1 amide bonds. The van der Waals surface area contributed by atoms with Crippen LogP contribution in [0, 0.1) is 5.92 Å². The van der Waals surface area contributed by atoms with Crippen LogP contribution in [0.5, 0.6) is 0 Å². The van der Waals surface area contributed by atoms with Crippen molar-refractivity contribution in [3.63, 3.8) is 0 Å². The van der Waals surface area contributed by atoms with Crippen molar-refractivity contribution < 1.29 is 9.53 Å². The van der Waals surface area contributed by atoms with Gasteiger partial charge in [-0.2, -0.15) is 0 Å². The van der Waals surface area contributed by atoms with Crippen molar-refractivity contribution in [1.29, 1.82) is 0 Å². The van der Waals surface area contributed by atoms with Crippen LogP contribution in [0.25, 0.3) is 0 Å². The minimum Gasteiger partial charge on any atom is -0.382 e. The Balaban J connectivity index is 2.00. The van der Waals surface area contributed by atoms with Crippen molar-refractivity contribution in [3.05, 3.63) is 42.2 Å². The third-order valence-electron chi connectivity index (χ3n) is 3.07. The van der Waals surface area contributed by atoms with Crippen LogP contribution >= 0.6 is 0 Å². The molecule has 4 heteroatoms. The quantitative estimate of drug-likeness (QED) is 0.807. The summed E-state index contributed by atoms with van der Waals surface area (Å²) in [6.45, 7) is 0.433. The van der Waals surface area contributed by atoms with Crippen LogP contribution in [0.2, 0.25) is 0 Å². The number of carbonyl (C=O) groups is 1. The lowest BCUT2D eigenvalue weighted by Gasteiger charge is -2.19. The molecule has 1 aliphatic rings. The molecule has 0 unspecified atom stereocenters. The number of amides is 1. The van der Waals surface area contributed by atoms with E-state index < -0.39 is 0 Å². The van der Waals surface area contributed by atoms with E-state index in [4.69, 9.17) is 4.74 Å². The van der Waals surface area contributed by atoms with Crippen molar-refractivity contribution in [2.75, 3.05) is 13.7 Å². The van der Waals surface area contributed by atoms with E-state index in [1.165, 1.54) is 0 Å². The molecule has 1 atom stereocenters. The van der Waals surface area contributed by atoms with Crippen molar-refractivity contribution >= 4 is 5.91 Å². The Bertz CT molecular complexity index is 409. The summed E-state index contributed by atoms with van der Waals surface area (Å²) in [6, 6.07) is 5.49. The van der Waals surface area contributed by atoms with Crippen molar-refractivity contribution in [1.82, 2.24) is 10.3 Å². The smallest absolute Gasteiger partial charge is 0.224 e. The lowest BCUT2D eigenvalue weighted by molar-refractivity contribution is -0.125. The maximum Gasteiger partial charge on any atom is 0.224 e. The number of hydrogen-bond acceptors (Lipinski definition) is 3.